The van der Waals surface area contributed by atoms with Crippen LogP contribution in [0.2, 0.25) is 0 Å². The molecule has 0 fully saturated rings. The van der Waals surface area contributed by atoms with Crippen molar-refractivity contribution in [3.63, 3.8) is 0 Å². The molecular weight excluding hydrogens is 256 g/mol. The second kappa shape index (κ2) is 5.92. The highest BCUT2D eigenvalue weighted by Crippen LogP contribution is 2.17. The summed E-state index contributed by atoms with van der Waals surface area (Å²) in [5.41, 5.74) is 5.42. The highest BCUT2D eigenvalue weighted by atomic mass is 32.2. The fourth-order valence-electron chi connectivity index (χ4n) is 1.49. The lowest BCUT2D eigenvalue weighted by molar-refractivity contribution is -0.384. The fraction of sp³-hybridized carbons (Fsp3) is 0.455. The third kappa shape index (κ3) is 4.08. The van der Waals surface area contributed by atoms with E-state index in [1.54, 1.807) is 0 Å². The first kappa shape index (κ1) is 14.6. The average Bonchev–Trinajstić information content (AvgIpc) is 2.28. The zero-order valence-electron chi connectivity index (χ0n) is 10.1. The van der Waals surface area contributed by atoms with Crippen molar-refractivity contribution in [2.75, 3.05) is 5.75 Å². The van der Waals surface area contributed by atoms with Gasteiger partial charge in [-0.25, -0.2) is 8.42 Å². The standard InChI is InChI=1S/C11H16N2O4S/c1-9(12)3-2-8-18(16,17)11-6-4-10(5-7-11)13(14)15/h4-7,9H,2-3,8,12H2,1H3. The molecule has 18 heavy (non-hydrogen) atoms. The molecule has 7 heteroatoms. The Morgan fingerprint density at radius 1 is 1.33 bits per heavy atom. The second-order valence-corrected chi connectivity index (χ2v) is 6.30. The normalized spacial score (nSPS) is 13.2. The van der Waals surface area contributed by atoms with Crippen molar-refractivity contribution >= 4 is 15.5 Å². The number of nitro groups is 1. The summed E-state index contributed by atoms with van der Waals surface area (Å²) in [6.45, 7) is 1.82. The van der Waals surface area contributed by atoms with Crippen LogP contribution in [0.15, 0.2) is 29.2 Å². The molecule has 2 N–H and O–H groups in total. The van der Waals surface area contributed by atoms with E-state index in [1.807, 2.05) is 6.92 Å². The van der Waals surface area contributed by atoms with E-state index in [4.69, 9.17) is 5.73 Å². The van der Waals surface area contributed by atoms with Gasteiger partial charge in [-0.05, 0) is 31.9 Å². The Balaban J connectivity index is 2.76. The number of benzene rings is 1. The molecule has 0 spiro atoms. The Labute approximate surface area is 106 Å². The molecule has 0 aliphatic rings. The van der Waals surface area contributed by atoms with Crippen LogP contribution in [0.3, 0.4) is 0 Å². The van der Waals surface area contributed by atoms with Crippen LogP contribution < -0.4 is 5.73 Å². The number of hydrogen-bond acceptors (Lipinski definition) is 5. The first-order valence-electron chi connectivity index (χ1n) is 5.56. The van der Waals surface area contributed by atoms with E-state index >= 15 is 0 Å². The molecule has 0 radical (unpaired) electrons. The quantitative estimate of drug-likeness (QED) is 0.624. The van der Waals surface area contributed by atoms with Crippen molar-refractivity contribution in [3.05, 3.63) is 34.4 Å². The summed E-state index contributed by atoms with van der Waals surface area (Å²) in [6.07, 6.45) is 1.11. The molecule has 1 atom stereocenters. The zero-order valence-corrected chi connectivity index (χ0v) is 10.9. The van der Waals surface area contributed by atoms with E-state index < -0.39 is 14.8 Å². The molecule has 0 bridgehead atoms. The Morgan fingerprint density at radius 2 is 1.89 bits per heavy atom. The van der Waals surface area contributed by atoms with E-state index in [-0.39, 0.29) is 22.4 Å². The van der Waals surface area contributed by atoms with Crippen molar-refractivity contribution in [2.45, 2.75) is 30.7 Å². The molecule has 1 rings (SSSR count). The van der Waals surface area contributed by atoms with Gasteiger partial charge in [-0.15, -0.1) is 0 Å². The number of rotatable bonds is 6. The first-order valence-corrected chi connectivity index (χ1v) is 7.21. The zero-order chi connectivity index (χ0) is 13.8. The van der Waals surface area contributed by atoms with Gasteiger partial charge in [-0.1, -0.05) is 0 Å². The summed E-state index contributed by atoms with van der Waals surface area (Å²) in [5, 5.41) is 10.5. The largest absolute Gasteiger partial charge is 0.328 e. The Morgan fingerprint density at radius 3 is 2.33 bits per heavy atom. The molecule has 0 amide bonds. The molecule has 0 aliphatic heterocycles. The summed E-state index contributed by atoms with van der Waals surface area (Å²) in [5.74, 6) is 0.00630. The van der Waals surface area contributed by atoms with Gasteiger partial charge in [0.25, 0.3) is 5.69 Å². The topological polar surface area (TPSA) is 103 Å². The maximum Gasteiger partial charge on any atom is 0.269 e. The minimum atomic E-state index is -3.38. The lowest BCUT2D eigenvalue weighted by Crippen LogP contribution is -2.16. The first-order chi connectivity index (χ1) is 8.33. The number of nitrogens with zero attached hydrogens (tertiary/aromatic N) is 1. The van der Waals surface area contributed by atoms with E-state index in [1.165, 1.54) is 24.3 Å². The highest BCUT2D eigenvalue weighted by molar-refractivity contribution is 7.91. The lowest BCUT2D eigenvalue weighted by atomic mass is 10.2. The summed E-state index contributed by atoms with van der Waals surface area (Å²) < 4.78 is 23.8. The maximum atomic E-state index is 11.9. The second-order valence-electron chi connectivity index (χ2n) is 4.19. The molecule has 1 unspecified atom stereocenters. The van der Waals surface area contributed by atoms with Crippen LogP contribution in [0.5, 0.6) is 0 Å². The lowest BCUT2D eigenvalue weighted by Gasteiger charge is -2.06. The molecule has 0 aromatic heterocycles. The van der Waals surface area contributed by atoms with Crippen molar-refractivity contribution in [1.29, 1.82) is 0 Å². The van der Waals surface area contributed by atoms with Crippen LogP contribution >= 0.6 is 0 Å². The molecule has 0 heterocycles. The predicted molar refractivity (Wildman–Crippen MR) is 68.0 cm³/mol. The molecule has 0 saturated heterocycles. The summed E-state index contributed by atoms with van der Waals surface area (Å²) in [6, 6.07) is 4.88. The third-order valence-corrected chi connectivity index (χ3v) is 4.30. The molecule has 100 valence electrons. The number of sulfone groups is 1. The SMILES string of the molecule is CC(N)CCCS(=O)(=O)c1ccc([N+](=O)[O-])cc1. The molecule has 0 saturated carbocycles. The van der Waals surface area contributed by atoms with Crippen molar-refractivity contribution in [3.8, 4) is 0 Å². The Hall–Kier alpha value is -1.47. The maximum absolute atomic E-state index is 11.9. The van der Waals surface area contributed by atoms with Gasteiger partial charge in [0, 0.05) is 18.2 Å². The summed E-state index contributed by atoms with van der Waals surface area (Å²) >= 11 is 0. The highest BCUT2D eigenvalue weighted by Gasteiger charge is 2.15. The summed E-state index contributed by atoms with van der Waals surface area (Å²) in [4.78, 5) is 10.00. The van der Waals surface area contributed by atoms with E-state index in [0.29, 0.717) is 12.8 Å². The number of non-ortho nitro benzene ring substituents is 1. The van der Waals surface area contributed by atoms with E-state index in [9.17, 15) is 18.5 Å². The van der Waals surface area contributed by atoms with E-state index in [0.717, 1.165) is 0 Å². The third-order valence-electron chi connectivity index (χ3n) is 2.48. The van der Waals surface area contributed by atoms with Gasteiger partial charge >= 0.3 is 0 Å². The van der Waals surface area contributed by atoms with Gasteiger partial charge in [0.15, 0.2) is 9.84 Å². The minimum absolute atomic E-state index is 0.00630. The van der Waals surface area contributed by atoms with Gasteiger partial charge in [-0.3, -0.25) is 10.1 Å². The Kier molecular flexibility index (Phi) is 4.80. The van der Waals surface area contributed by atoms with Crippen LogP contribution in [0.25, 0.3) is 0 Å². The van der Waals surface area contributed by atoms with Crippen molar-refractivity contribution < 1.29 is 13.3 Å². The van der Waals surface area contributed by atoms with Gasteiger partial charge in [-0.2, -0.15) is 0 Å². The van der Waals surface area contributed by atoms with Crippen LogP contribution in [-0.4, -0.2) is 25.1 Å². The fourth-order valence-corrected chi connectivity index (χ4v) is 2.82. The van der Waals surface area contributed by atoms with Crippen LogP contribution in [0.1, 0.15) is 19.8 Å². The van der Waals surface area contributed by atoms with Crippen LogP contribution in [-0.2, 0) is 9.84 Å². The molecule has 1 aromatic carbocycles. The molecule has 1 aromatic rings. The van der Waals surface area contributed by atoms with Gasteiger partial charge < -0.3 is 5.73 Å². The van der Waals surface area contributed by atoms with Gasteiger partial charge in [0.1, 0.15) is 0 Å². The monoisotopic (exact) mass is 272 g/mol. The minimum Gasteiger partial charge on any atom is -0.328 e. The number of nitro benzene ring substituents is 1. The predicted octanol–water partition coefficient (Wildman–Crippen LogP) is 1.50. The number of nitrogens with two attached hydrogens (primary N) is 1. The molecule has 0 aliphatic carbocycles. The van der Waals surface area contributed by atoms with Crippen LogP contribution in [0.4, 0.5) is 5.69 Å². The van der Waals surface area contributed by atoms with Crippen molar-refractivity contribution in [2.24, 2.45) is 5.73 Å². The smallest absolute Gasteiger partial charge is 0.269 e. The van der Waals surface area contributed by atoms with E-state index in [2.05, 4.69) is 0 Å². The van der Waals surface area contributed by atoms with Crippen molar-refractivity contribution in [1.82, 2.24) is 0 Å². The Bertz CT molecular complexity index is 508. The molecular formula is C11H16N2O4S. The van der Waals surface area contributed by atoms with Crippen LogP contribution in [0, 0.1) is 10.1 Å². The number of hydrogen-bond donors (Lipinski definition) is 1. The van der Waals surface area contributed by atoms with Gasteiger partial charge in [0.05, 0.1) is 15.6 Å². The average molecular weight is 272 g/mol. The molecule has 6 nitrogen and oxygen atoms in total. The van der Waals surface area contributed by atoms with Gasteiger partial charge in [0.2, 0.25) is 0 Å². The summed E-state index contributed by atoms with van der Waals surface area (Å²) in [7, 11) is -3.38.